The number of halogens is 3. The molecule has 2 aromatic carbocycles. The molecule has 0 saturated carbocycles. The molecule has 1 saturated heterocycles. The van der Waals surface area contributed by atoms with E-state index in [1.807, 2.05) is 18.2 Å². The first-order valence-electron chi connectivity index (χ1n) is 12.7. The molecule has 1 aromatic heterocycles. The van der Waals surface area contributed by atoms with E-state index in [0.29, 0.717) is 22.6 Å². The summed E-state index contributed by atoms with van der Waals surface area (Å²) >= 11 is 0. The van der Waals surface area contributed by atoms with Crippen LogP contribution in [0.5, 0.6) is 0 Å². The average molecular weight is 527 g/mol. The number of carbonyl (C=O) groups is 1. The van der Waals surface area contributed by atoms with Crippen LogP contribution in [0, 0.1) is 0 Å². The van der Waals surface area contributed by atoms with E-state index in [1.165, 1.54) is 17.4 Å². The number of hydrogen-bond acceptors (Lipinski definition) is 5. The van der Waals surface area contributed by atoms with Crippen molar-refractivity contribution in [2.75, 3.05) is 28.6 Å². The Bertz CT molecular complexity index is 1280. The van der Waals surface area contributed by atoms with Crippen molar-refractivity contribution in [3.63, 3.8) is 0 Å². The van der Waals surface area contributed by atoms with Crippen molar-refractivity contribution in [3.8, 4) is 11.3 Å². The van der Waals surface area contributed by atoms with E-state index >= 15 is 0 Å². The third kappa shape index (κ3) is 6.76. The molecule has 1 aliphatic rings. The molecule has 38 heavy (non-hydrogen) atoms. The largest absolute Gasteiger partial charge is 0.443 e. The number of ether oxygens (including phenoxy) is 1. The fourth-order valence-electron chi connectivity index (χ4n) is 4.46. The molecule has 202 valence electrons. The summed E-state index contributed by atoms with van der Waals surface area (Å²) in [6.45, 7) is 7.03. The number of nitrogens with two attached hydrogens (primary N) is 1. The van der Waals surface area contributed by atoms with Gasteiger partial charge in [-0.1, -0.05) is 12.1 Å². The second-order valence-corrected chi connectivity index (χ2v) is 10.5. The van der Waals surface area contributed by atoms with Gasteiger partial charge < -0.3 is 15.4 Å². The summed E-state index contributed by atoms with van der Waals surface area (Å²) < 4.78 is 45.6. The molecule has 9 heteroatoms. The number of anilines is 3. The predicted molar refractivity (Wildman–Crippen MR) is 144 cm³/mol. The molecule has 3 aromatic rings. The van der Waals surface area contributed by atoms with Gasteiger partial charge in [0.05, 0.1) is 23.5 Å². The van der Waals surface area contributed by atoms with Crippen LogP contribution in [-0.2, 0) is 17.5 Å². The summed E-state index contributed by atoms with van der Waals surface area (Å²) in [6, 6.07) is 14.1. The first kappa shape index (κ1) is 27.3. The number of aromatic nitrogens is 1. The topological polar surface area (TPSA) is 71.7 Å². The van der Waals surface area contributed by atoms with Crippen molar-refractivity contribution in [1.82, 2.24) is 4.98 Å². The smallest absolute Gasteiger partial charge is 0.416 e. The minimum Gasteiger partial charge on any atom is -0.443 e. The molecule has 6 nitrogen and oxygen atoms in total. The molecule has 4 rings (SSSR count). The third-order valence-corrected chi connectivity index (χ3v) is 6.30. The molecule has 0 aliphatic carbocycles. The van der Waals surface area contributed by atoms with Crippen molar-refractivity contribution >= 4 is 23.2 Å². The predicted octanol–water partition coefficient (Wildman–Crippen LogP) is 7.28. The Morgan fingerprint density at radius 1 is 1.03 bits per heavy atom. The third-order valence-electron chi connectivity index (χ3n) is 6.30. The normalized spacial score (nSPS) is 14.3. The van der Waals surface area contributed by atoms with E-state index in [0.717, 1.165) is 49.3 Å². The minimum absolute atomic E-state index is 0.119. The first-order chi connectivity index (χ1) is 17.9. The zero-order valence-corrected chi connectivity index (χ0v) is 21.9. The Morgan fingerprint density at radius 2 is 1.76 bits per heavy atom. The highest BCUT2D eigenvalue weighted by atomic mass is 19.4. The van der Waals surface area contributed by atoms with Crippen LogP contribution >= 0.6 is 0 Å². The number of hydrogen-bond donors (Lipinski definition) is 1. The number of nitrogens with zero attached hydrogens (tertiary/aromatic N) is 3. The Hall–Kier alpha value is -3.75. The lowest BCUT2D eigenvalue weighted by Crippen LogP contribution is -2.36. The fourth-order valence-corrected chi connectivity index (χ4v) is 4.46. The lowest BCUT2D eigenvalue weighted by Gasteiger charge is -2.29. The highest BCUT2D eigenvalue weighted by molar-refractivity contribution is 5.89. The van der Waals surface area contributed by atoms with E-state index in [9.17, 15) is 18.0 Å². The van der Waals surface area contributed by atoms with Gasteiger partial charge in [-0.05, 0) is 88.1 Å². The first-order valence-corrected chi connectivity index (χ1v) is 12.7. The number of nitrogen functional groups attached to an aromatic ring is 1. The minimum atomic E-state index is -4.49. The van der Waals surface area contributed by atoms with E-state index in [2.05, 4.69) is 9.88 Å². The maximum Gasteiger partial charge on any atom is 0.416 e. The highest BCUT2D eigenvalue weighted by Gasteiger charge is 2.31. The van der Waals surface area contributed by atoms with Crippen molar-refractivity contribution in [3.05, 3.63) is 71.9 Å². The van der Waals surface area contributed by atoms with Gasteiger partial charge in [-0.2, -0.15) is 13.2 Å². The molecule has 1 amide bonds. The van der Waals surface area contributed by atoms with Gasteiger partial charge in [0.1, 0.15) is 5.60 Å². The van der Waals surface area contributed by atoms with Crippen LogP contribution in [0.25, 0.3) is 11.3 Å². The van der Waals surface area contributed by atoms with Crippen LogP contribution < -0.4 is 15.5 Å². The van der Waals surface area contributed by atoms with Gasteiger partial charge in [0, 0.05) is 36.2 Å². The summed E-state index contributed by atoms with van der Waals surface area (Å²) in [7, 11) is 0. The van der Waals surface area contributed by atoms with Gasteiger partial charge >= 0.3 is 12.3 Å². The molecular weight excluding hydrogens is 493 g/mol. The van der Waals surface area contributed by atoms with Gasteiger partial charge in [0.2, 0.25) is 0 Å². The summed E-state index contributed by atoms with van der Waals surface area (Å²) in [5, 5.41) is 0. The molecule has 0 spiro atoms. The standard InChI is InChI=1S/C29H33F3N4O2/c1-28(2,3)38-27(37)36(19-20-8-7-9-21(16-20)29(30,31)32)23-12-13-34-26(18-23)24-17-22(10-11-25(24)33)35-14-5-4-6-15-35/h7-13,16-18H,4-6,14-15,19,33H2,1-3H3. The Balaban J connectivity index is 1.71. The summed E-state index contributed by atoms with van der Waals surface area (Å²) in [4.78, 5) is 21.4. The summed E-state index contributed by atoms with van der Waals surface area (Å²) in [5.41, 5.74) is 8.36. The monoisotopic (exact) mass is 526 g/mol. The van der Waals surface area contributed by atoms with Crippen LogP contribution in [0.4, 0.5) is 35.0 Å². The van der Waals surface area contributed by atoms with Gasteiger partial charge in [0.25, 0.3) is 0 Å². The molecule has 1 aliphatic heterocycles. The Labute approximate surface area is 221 Å². The second-order valence-electron chi connectivity index (χ2n) is 10.5. The van der Waals surface area contributed by atoms with E-state index in [1.54, 1.807) is 45.2 Å². The second kappa shape index (κ2) is 10.9. The number of rotatable bonds is 5. The molecule has 0 bridgehead atoms. The molecule has 2 N–H and O–H groups in total. The van der Waals surface area contributed by atoms with Gasteiger partial charge in [-0.3, -0.25) is 9.88 Å². The maximum atomic E-state index is 13.3. The van der Waals surface area contributed by atoms with Gasteiger partial charge in [0.15, 0.2) is 0 Å². The summed E-state index contributed by atoms with van der Waals surface area (Å²) in [6.07, 6.45) is -0.132. The number of carbonyl (C=O) groups excluding carboxylic acids is 1. The molecule has 0 atom stereocenters. The molecule has 0 radical (unpaired) electrons. The van der Waals surface area contributed by atoms with Crippen molar-refractivity contribution in [1.29, 1.82) is 0 Å². The molecule has 1 fully saturated rings. The molecule has 0 unspecified atom stereocenters. The molecule has 2 heterocycles. The average Bonchev–Trinajstić information content (AvgIpc) is 2.87. The zero-order valence-electron chi connectivity index (χ0n) is 21.9. The summed E-state index contributed by atoms with van der Waals surface area (Å²) in [5.74, 6) is 0. The number of piperidine rings is 1. The van der Waals surface area contributed by atoms with E-state index in [-0.39, 0.29) is 6.54 Å². The van der Waals surface area contributed by atoms with E-state index in [4.69, 9.17) is 10.5 Å². The van der Waals surface area contributed by atoms with Crippen LogP contribution in [-0.4, -0.2) is 29.8 Å². The zero-order chi connectivity index (χ0) is 27.5. The number of pyridine rings is 1. The number of alkyl halides is 3. The van der Waals surface area contributed by atoms with Crippen LogP contribution in [0.2, 0.25) is 0 Å². The lowest BCUT2D eigenvalue weighted by atomic mass is 10.0. The maximum absolute atomic E-state index is 13.3. The van der Waals surface area contributed by atoms with Gasteiger partial charge in [-0.15, -0.1) is 0 Å². The lowest BCUT2D eigenvalue weighted by molar-refractivity contribution is -0.137. The van der Waals surface area contributed by atoms with Gasteiger partial charge in [-0.25, -0.2) is 4.79 Å². The highest BCUT2D eigenvalue weighted by Crippen LogP contribution is 2.34. The van der Waals surface area contributed by atoms with Crippen LogP contribution in [0.3, 0.4) is 0 Å². The quantitative estimate of drug-likeness (QED) is 0.354. The number of benzene rings is 2. The van der Waals surface area contributed by atoms with Crippen molar-refractivity contribution in [2.45, 2.75) is 58.4 Å². The SMILES string of the molecule is CC(C)(C)OC(=O)N(Cc1cccc(C(F)(F)F)c1)c1ccnc(-c2cc(N3CCCCC3)ccc2N)c1. The van der Waals surface area contributed by atoms with Crippen LogP contribution in [0.1, 0.15) is 51.2 Å². The van der Waals surface area contributed by atoms with E-state index < -0.39 is 23.4 Å². The fraction of sp³-hybridized carbons (Fsp3) is 0.379. The Morgan fingerprint density at radius 3 is 2.45 bits per heavy atom. The molecular formula is C29H33F3N4O2. The Kier molecular flexibility index (Phi) is 7.85. The van der Waals surface area contributed by atoms with Crippen molar-refractivity contribution in [2.24, 2.45) is 0 Å². The number of amides is 1. The van der Waals surface area contributed by atoms with Crippen molar-refractivity contribution < 1.29 is 22.7 Å². The van der Waals surface area contributed by atoms with Crippen LogP contribution in [0.15, 0.2) is 60.8 Å².